The van der Waals surface area contributed by atoms with Gasteiger partial charge >= 0.3 is 0 Å². The van der Waals surface area contributed by atoms with E-state index in [1.807, 2.05) is 18.3 Å². The number of hydrogen-bond donors (Lipinski definition) is 2. The van der Waals surface area contributed by atoms with Gasteiger partial charge in [-0.25, -0.2) is 13.1 Å². The Morgan fingerprint density at radius 3 is 2.41 bits per heavy atom. The minimum atomic E-state index is -4.48. The van der Waals surface area contributed by atoms with E-state index in [1.54, 1.807) is 12.1 Å². The Morgan fingerprint density at radius 1 is 0.985 bits per heavy atom. The van der Waals surface area contributed by atoms with Gasteiger partial charge in [-0.05, 0) is 112 Å². The van der Waals surface area contributed by atoms with Crippen molar-refractivity contribution < 1.29 is 32.3 Å². The number of ether oxygens (including phenoxy) is 3. The lowest BCUT2D eigenvalue weighted by atomic mass is 9.59. The standard InChI is InChI=1S/C50H63N7O8S/c1-33(2)42-14-9-35(29-51-42)30-54-21-22-56(45(31-54)41-7-5-6-8-46(41)65-34(3)4)39-27-50(28-39)17-19-55(20-18-50)38-12-10-37(11-13-38)49(58)53-66(61,62)40-25-44(57(59)60)48-47(26-40)64-32-43(52-48)36-15-23-63-24-16-36/h5-14,25-26,29,33-34,36,39,43,45,52H,15-24,27-28,30-32H2,1-4H3,(H,53,58)/t43-,45-/m0/s1. The Kier molecular flexibility index (Phi) is 13.3. The van der Waals surface area contributed by atoms with Crippen LogP contribution in [-0.2, 0) is 21.3 Å². The molecule has 1 spiro atoms. The average Bonchev–Trinajstić information content (AvgIpc) is 3.30. The van der Waals surface area contributed by atoms with Gasteiger partial charge in [-0.1, -0.05) is 38.1 Å². The fourth-order valence-electron chi connectivity index (χ4n) is 10.8. The van der Waals surface area contributed by atoms with Crippen LogP contribution in [-0.4, -0.2) is 105 Å². The van der Waals surface area contributed by atoms with Crippen LogP contribution in [0.15, 0.2) is 83.9 Å². The summed E-state index contributed by atoms with van der Waals surface area (Å²) >= 11 is 0. The van der Waals surface area contributed by atoms with E-state index in [4.69, 9.17) is 19.2 Å². The number of nitro benzene ring substituents is 1. The number of pyridine rings is 1. The summed E-state index contributed by atoms with van der Waals surface area (Å²) in [6, 6.07) is 22.7. The number of nitrogens with one attached hydrogen (secondary N) is 2. The van der Waals surface area contributed by atoms with Gasteiger partial charge in [-0.2, -0.15) is 0 Å². The monoisotopic (exact) mass is 921 g/mol. The molecule has 0 bridgehead atoms. The molecular formula is C50H63N7O8S. The number of piperazine rings is 1. The van der Waals surface area contributed by atoms with Crippen molar-refractivity contribution in [1.82, 2.24) is 19.5 Å². The second-order valence-corrected chi connectivity index (χ2v) is 21.2. The zero-order chi connectivity index (χ0) is 46.2. The average molecular weight is 922 g/mol. The normalized spacial score (nSPS) is 21.8. The number of hydrogen-bond acceptors (Lipinski definition) is 13. The largest absolute Gasteiger partial charge is 0.491 e. The molecule has 2 N–H and O–H groups in total. The third kappa shape index (κ3) is 9.88. The van der Waals surface area contributed by atoms with Gasteiger partial charge in [-0.3, -0.25) is 29.7 Å². The zero-order valence-corrected chi connectivity index (χ0v) is 39.3. The van der Waals surface area contributed by atoms with Gasteiger partial charge in [0, 0.05) is 99.4 Å². The summed E-state index contributed by atoms with van der Waals surface area (Å²) in [5.74, 6) is 0.808. The lowest BCUT2D eigenvalue weighted by Crippen LogP contribution is -2.59. The van der Waals surface area contributed by atoms with Crippen LogP contribution in [0.3, 0.4) is 0 Å². The molecular weight excluding hydrogens is 859 g/mol. The molecule has 352 valence electrons. The van der Waals surface area contributed by atoms with Gasteiger partial charge in [-0.15, -0.1) is 0 Å². The number of fused-ring (bicyclic) bond motifs is 1. The molecule has 4 fully saturated rings. The van der Waals surface area contributed by atoms with E-state index in [-0.39, 0.29) is 53.1 Å². The molecule has 9 rings (SSSR count). The highest BCUT2D eigenvalue weighted by molar-refractivity contribution is 7.90. The molecule has 5 heterocycles. The van der Waals surface area contributed by atoms with Gasteiger partial charge in [0.2, 0.25) is 0 Å². The predicted octanol–water partition coefficient (Wildman–Crippen LogP) is 7.93. The van der Waals surface area contributed by atoms with Gasteiger partial charge in [0.1, 0.15) is 12.4 Å². The number of benzene rings is 3. The Bertz CT molecular complexity index is 2480. The molecule has 15 nitrogen and oxygen atoms in total. The molecule has 3 saturated heterocycles. The van der Waals surface area contributed by atoms with E-state index in [2.05, 4.69) is 88.8 Å². The van der Waals surface area contributed by atoms with Crippen LogP contribution in [0, 0.1) is 21.4 Å². The van der Waals surface area contributed by atoms with Crippen molar-refractivity contribution in [2.45, 2.75) is 108 Å². The quantitative estimate of drug-likeness (QED) is 0.0981. The Labute approximate surface area is 388 Å². The molecule has 1 amide bonds. The molecule has 1 aromatic heterocycles. The SMILES string of the molecule is CC(C)Oc1ccccc1[C@@H]1CN(Cc2ccc(C(C)C)nc2)CCN1C1CC2(CCN(c3ccc(C(=O)NS(=O)(=O)c4cc5c(c([N+](=O)[O-])c4)N[C@H](C4CCOCC4)CO5)cc3)CC2)C1. The van der Waals surface area contributed by atoms with Crippen LogP contribution in [0.1, 0.15) is 105 Å². The van der Waals surface area contributed by atoms with Crippen molar-refractivity contribution in [2.75, 3.05) is 62.8 Å². The van der Waals surface area contributed by atoms with E-state index < -0.39 is 31.4 Å². The Hall–Kier alpha value is -5.29. The van der Waals surface area contributed by atoms with Crippen LogP contribution < -0.4 is 24.4 Å². The number of aromatic nitrogens is 1. The first-order valence-electron chi connectivity index (χ1n) is 23.6. The van der Waals surface area contributed by atoms with Crippen molar-refractivity contribution >= 4 is 33.0 Å². The minimum absolute atomic E-state index is 0.0585. The second kappa shape index (κ2) is 19.1. The first kappa shape index (κ1) is 45.8. The maximum absolute atomic E-state index is 13.5. The van der Waals surface area contributed by atoms with E-state index in [9.17, 15) is 23.3 Å². The summed E-state index contributed by atoms with van der Waals surface area (Å²) in [6.07, 6.45) is 8.17. The van der Waals surface area contributed by atoms with Crippen molar-refractivity contribution in [2.24, 2.45) is 11.3 Å². The van der Waals surface area contributed by atoms with Crippen molar-refractivity contribution in [1.29, 1.82) is 0 Å². The number of piperidine rings is 1. The summed E-state index contributed by atoms with van der Waals surface area (Å²) in [5.41, 5.74) is 4.74. The zero-order valence-electron chi connectivity index (χ0n) is 38.5. The third-order valence-electron chi connectivity index (χ3n) is 14.5. The molecule has 3 aromatic carbocycles. The number of nitrogens with zero attached hydrogens (tertiary/aromatic N) is 5. The summed E-state index contributed by atoms with van der Waals surface area (Å²) < 4.78 is 46.9. The van der Waals surface area contributed by atoms with E-state index in [1.165, 1.54) is 17.2 Å². The Morgan fingerprint density at radius 2 is 1.73 bits per heavy atom. The summed E-state index contributed by atoms with van der Waals surface area (Å²) in [4.78, 5) is 36.8. The van der Waals surface area contributed by atoms with E-state index >= 15 is 0 Å². The molecule has 66 heavy (non-hydrogen) atoms. The molecule has 4 aliphatic heterocycles. The molecule has 2 atom stereocenters. The second-order valence-electron chi connectivity index (χ2n) is 19.6. The molecule has 1 aliphatic carbocycles. The highest BCUT2D eigenvalue weighted by atomic mass is 32.2. The van der Waals surface area contributed by atoms with E-state index in [0.717, 1.165) is 101 Å². The molecule has 4 aromatic rings. The summed E-state index contributed by atoms with van der Waals surface area (Å²) in [7, 11) is -4.48. The van der Waals surface area contributed by atoms with Crippen LogP contribution in [0.2, 0.25) is 0 Å². The topological polar surface area (TPSA) is 169 Å². The lowest BCUT2D eigenvalue weighted by Gasteiger charge is -2.58. The molecule has 5 aliphatic rings. The molecule has 1 saturated carbocycles. The van der Waals surface area contributed by atoms with Crippen LogP contribution in [0.5, 0.6) is 11.5 Å². The van der Waals surface area contributed by atoms with Crippen molar-refractivity contribution in [3.8, 4) is 11.5 Å². The van der Waals surface area contributed by atoms with Gasteiger partial charge in [0.15, 0.2) is 11.4 Å². The maximum atomic E-state index is 13.5. The van der Waals surface area contributed by atoms with Crippen LogP contribution in [0.25, 0.3) is 0 Å². The highest BCUT2D eigenvalue weighted by Crippen LogP contribution is 2.53. The highest BCUT2D eigenvalue weighted by Gasteiger charge is 2.50. The van der Waals surface area contributed by atoms with Gasteiger partial charge < -0.3 is 24.4 Å². The number of sulfonamides is 1. The number of para-hydroxylation sites is 1. The molecule has 0 radical (unpaired) electrons. The minimum Gasteiger partial charge on any atom is -0.491 e. The van der Waals surface area contributed by atoms with Gasteiger partial charge in [0.25, 0.3) is 21.6 Å². The van der Waals surface area contributed by atoms with Gasteiger partial charge in [0.05, 0.1) is 28.0 Å². The lowest BCUT2D eigenvalue weighted by molar-refractivity contribution is -0.384. The number of nitro groups is 1. The number of rotatable bonds is 13. The van der Waals surface area contributed by atoms with Crippen LogP contribution in [0.4, 0.5) is 17.1 Å². The molecule has 0 unspecified atom stereocenters. The smallest absolute Gasteiger partial charge is 0.297 e. The van der Waals surface area contributed by atoms with E-state index in [0.29, 0.717) is 25.2 Å². The first-order valence-corrected chi connectivity index (χ1v) is 25.1. The fraction of sp³-hybridized carbons (Fsp3) is 0.520. The predicted molar refractivity (Wildman–Crippen MR) is 253 cm³/mol. The first-order chi connectivity index (χ1) is 31.7. The summed E-state index contributed by atoms with van der Waals surface area (Å²) in [6.45, 7) is 15.5. The summed E-state index contributed by atoms with van der Waals surface area (Å²) in [5, 5.41) is 15.4. The number of amides is 1. The maximum Gasteiger partial charge on any atom is 0.297 e. The third-order valence-corrected chi connectivity index (χ3v) is 15.8. The number of carbonyl (C=O) groups excluding carboxylic acids is 1. The van der Waals surface area contributed by atoms with Crippen molar-refractivity contribution in [3.05, 3.63) is 111 Å². The Balaban J connectivity index is 0.811. The number of anilines is 2. The fourth-order valence-corrected chi connectivity index (χ4v) is 11.8. The van der Waals surface area contributed by atoms with Crippen molar-refractivity contribution in [3.63, 3.8) is 0 Å². The van der Waals surface area contributed by atoms with Crippen LogP contribution >= 0.6 is 0 Å². The number of carbonyl (C=O) groups is 1. The molecule has 16 heteroatoms.